The summed E-state index contributed by atoms with van der Waals surface area (Å²) < 4.78 is 25.3. The first kappa shape index (κ1) is 18.0. The highest BCUT2D eigenvalue weighted by atomic mass is 35.5. The van der Waals surface area contributed by atoms with Gasteiger partial charge in [0.1, 0.15) is 6.61 Å². The molecule has 2 aromatic carbocycles. The summed E-state index contributed by atoms with van der Waals surface area (Å²) in [5, 5.41) is 0.576. The van der Waals surface area contributed by atoms with Gasteiger partial charge in [-0.3, -0.25) is 0 Å². The normalized spacial score (nSPS) is 10.9. The number of halogens is 2. The van der Waals surface area contributed by atoms with E-state index in [9.17, 15) is 9.18 Å². The number of benzene rings is 2. The van der Waals surface area contributed by atoms with Crippen LogP contribution >= 0.6 is 11.6 Å². The van der Waals surface area contributed by atoms with Crippen molar-refractivity contribution in [2.24, 2.45) is 0 Å². The maximum atomic E-state index is 14.8. The van der Waals surface area contributed by atoms with Crippen LogP contribution in [0.4, 0.5) is 10.1 Å². The topological polar surface area (TPSA) is 78.4 Å². The van der Waals surface area contributed by atoms with Crippen LogP contribution in [0.25, 0.3) is 22.2 Å². The number of furan rings is 1. The lowest BCUT2D eigenvalue weighted by Crippen LogP contribution is -2.10. The summed E-state index contributed by atoms with van der Waals surface area (Å²) in [4.78, 5) is 16.7. The van der Waals surface area contributed by atoms with E-state index in [0.29, 0.717) is 5.39 Å². The zero-order valence-electron chi connectivity index (χ0n) is 14.5. The van der Waals surface area contributed by atoms with E-state index in [1.54, 1.807) is 18.2 Å². The van der Waals surface area contributed by atoms with Crippen molar-refractivity contribution in [3.8, 4) is 11.3 Å². The predicted molar refractivity (Wildman–Crippen MR) is 104 cm³/mol. The number of carbonyl (C=O) groups is 1. The number of pyridine rings is 1. The van der Waals surface area contributed by atoms with E-state index in [1.807, 2.05) is 30.3 Å². The van der Waals surface area contributed by atoms with Crippen LogP contribution in [0.15, 0.2) is 65.3 Å². The number of fused-ring (bicyclic) bond motifs is 1. The SMILES string of the molecule is Nc1cc(-c2ccc3ccoc3c2F)nc(C(=O)OCc2ccccc2)c1Cl. The minimum absolute atomic E-state index is 0.0405. The van der Waals surface area contributed by atoms with Crippen molar-refractivity contribution < 1.29 is 18.3 Å². The third-order valence-electron chi connectivity index (χ3n) is 4.23. The van der Waals surface area contributed by atoms with E-state index >= 15 is 0 Å². The van der Waals surface area contributed by atoms with E-state index in [-0.39, 0.29) is 39.9 Å². The molecule has 0 aliphatic rings. The minimum Gasteiger partial charge on any atom is -0.461 e. The quantitative estimate of drug-likeness (QED) is 0.478. The molecule has 0 atom stereocenters. The van der Waals surface area contributed by atoms with Crippen LogP contribution in [0.5, 0.6) is 0 Å². The molecule has 5 nitrogen and oxygen atoms in total. The molecule has 0 aliphatic heterocycles. The van der Waals surface area contributed by atoms with Crippen molar-refractivity contribution in [2.45, 2.75) is 6.61 Å². The maximum Gasteiger partial charge on any atom is 0.358 e. The molecule has 2 heterocycles. The van der Waals surface area contributed by atoms with Gasteiger partial charge in [0.25, 0.3) is 0 Å². The molecule has 0 aliphatic carbocycles. The summed E-state index contributed by atoms with van der Waals surface area (Å²) in [6, 6.07) is 15.5. The van der Waals surface area contributed by atoms with Crippen molar-refractivity contribution in [1.29, 1.82) is 0 Å². The summed E-state index contributed by atoms with van der Waals surface area (Å²) in [5.41, 5.74) is 7.05. The lowest BCUT2D eigenvalue weighted by molar-refractivity contribution is 0.0466. The number of nitrogens with two attached hydrogens (primary N) is 1. The van der Waals surface area contributed by atoms with Gasteiger partial charge in [0, 0.05) is 10.9 Å². The Bertz CT molecular complexity index is 1180. The summed E-state index contributed by atoms with van der Waals surface area (Å²) in [6.45, 7) is 0.0501. The van der Waals surface area contributed by atoms with Crippen molar-refractivity contribution in [2.75, 3.05) is 5.73 Å². The first-order chi connectivity index (χ1) is 13.5. The van der Waals surface area contributed by atoms with Crippen LogP contribution < -0.4 is 5.73 Å². The van der Waals surface area contributed by atoms with Crippen molar-refractivity contribution >= 4 is 34.2 Å². The third kappa shape index (κ3) is 3.30. The monoisotopic (exact) mass is 396 g/mol. The van der Waals surface area contributed by atoms with Gasteiger partial charge in [0.15, 0.2) is 17.1 Å². The van der Waals surface area contributed by atoms with Crippen LogP contribution in [0.1, 0.15) is 16.1 Å². The van der Waals surface area contributed by atoms with Crippen molar-refractivity contribution in [1.82, 2.24) is 4.98 Å². The average Bonchev–Trinajstić information content (AvgIpc) is 3.19. The molecule has 0 bridgehead atoms. The Morgan fingerprint density at radius 3 is 2.75 bits per heavy atom. The van der Waals surface area contributed by atoms with Crippen LogP contribution in [0.3, 0.4) is 0 Å². The van der Waals surface area contributed by atoms with E-state index < -0.39 is 11.8 Å². The first-order valence-corrected chi connectivity index (χ1v) is 8.75. The summed E-state index contributed by atoms with van der Waals surface area (Å²) >= 11 is 6.15. The molecule has 0 fully saturated rings. The van der Waals surface area contributed by atoms with Crippen LogP contribution in [0.2, 0.25) is 5.02 Å². The standard InChI is InChI=1S/C21H14ClFN2O3/c22-17-15(24)10-16(14-7-6-13-8-9-27-20(13)18(14)23)25-19(17)21(26)28-11-12-4-2-1-3-5-12/h1-10H,11H2,(H2,24,25). The molecular formula is C21H14ClFN2O3. The van der Waals surface area contributed by atoms with Gasteiger partial charge in [0.2, 0.25) is 0 Å². The number of carbonyl (C=O) groups excluding carboxylic acids is 1. The Morgan fingerprint density at radius 2 is 1.96 bits per heavy atom. The van der Waals surface area contributed by atoms with Gasteiger partial charge >= 0.3 is 5.97 Å². The molecule has 28 heavy (non-hydrogen) atoms. The largest absolute Gasteiger partial charge is 0.461 e. The van der Waals surface area contributed by atoms with Gasteiger partial charge in [-0.2, -0.15) is 0 Å². The third-order valence-corrected chi connectivity index (χ3v) is 4.63. The highest BCUT2D eigenvalue weighted by Gasteiger charge is 2.21. The first-order valence-electron chi connectivity index (χ1n) is 8.37. The highest BCUT2D eigenvalue weighted by molar-refractivity contribution is 6.35. The predicted octanol–water partition coefficient (Wildman–Crippen LogP) is 5.23. The number of hydrogen-bond donors (Lipinski definition) is 1. The fourth-order valence-corrected chi connectivity index (χ4v) is 2.98. The van der Waals surface area contributed by atoms with Gasteiger partial charge in [-0.25, -0.2) is 14.2 Å². The number of ether oxygens (including phenoxy) is 1. The fraction of sp³-hybridized carbons (Fsp3) is 0.0476. The van der Waals surface area contributed by atoms with Gasteiger partial charge in [-0.1, -0.05) is 48.0 Å². The molecule has 7 heteroatoms. The number of rotatable bonds is 4. The number of esters is 1. The molecule has 0 unspecified atom stereocenters. The summed E-state index contributed by atoms with van der Waals surface area (Å²) in [6.07, 6.45) is 1.40. The van der Waals surface area contributed by atoms with E-state index in [4.69, 9.17) is 26.5 Å². The van der Waals surface area contributed by atoms with Gasteiger partial charge in [0.05, 0.1) is 22.7 Å². The molecule has 0 radical (unpaired) electrons. The highest BCUT2D eigenvalue weighted by Crippen LogP contribution is 2.32. The molecule has 0 spiro atoms. The molecule has 2 aromatic heterocycles. The Hall–Kier alpha value is -3.38. The van der Waals surface area contributed by atoms with E-state index in [1.165, 1.54) is 12.3 Å². The lowest BCUT2D eigenvalue weighted by atomic mass is 10.1. The molecule has 2 N–H and O–H groups in total. The van der Waals surface area contributed by atoms with Crippen LogP contribution in [-0.2, 0) is 11.3 Å². The number of nitrogens with zero attached hydrogens (tertiary/aromatic N) is 1. The smallest absolute Gasteiger partial charge is 0.358 e. The lowest BCUT2D eigenvalue weighted by Gasteiger charge is -2.11. The second-order valence-electron chi connectivity index (χ2n) is 6.09. The Kier molecular flexibility index (Phi) is 4.71. The number of anilines is 1. The van der Waals surface area contributed by atoms with Crippen molar-refractivity contribution in [3.05, 3.63) is 83.0 Å². The Labute approximate surface area is 164 Å². The number of nitrogen functional groups attached to an aromatic ring is 1. The molecular weight excluding hydrogens is 383 g/mol. The molecule has 140 valence electrons. The second-order valence-corrected chi connectivity index (χ2v) is 6.47. The average molecular weight is 397 g/mol. The van der Waals surface area contributed by atoms with Gasteiger partial charge < -0.3 is 14.9 Å². The molecule has 4 rings (SSSR count). The summed E-state index contributed by atoms with van der Waals surface area (Å²) in [7, 11) is 0. The van der Waals surface area contributed by atoms with Gasteiger partial charge in [-0.05, 0) is 23.8 Å². The molecule has 0 saturated heterocycles. The van der Waals surface area contributed by atoms with Crippen molar-refractivity contribution in [3.63, 3.8) is 0 Å². The van der Waals surface area contributed by atoms with Gasteiger partial charge in [-0.15, -0.1) is 0 Å². The molecule has 4 aromatic rings. The second kappa shape index (κ2) is 7.32. The zero-order chi connectivity index (χ0) is 19.7. The maximum absolute atomic E-state index is 14.8. The summed E-state index contributed by atoms with van der Waals surface area (Å²) in [5.74, 6) is -1.35. The minimum atomic E-state index is -0.748. The Balaban J connectivity index is 1.69. The molecule has 0 amide bonds. The number of aromatic nitrogens is 1. The Morgan fingerprint density at radius 1 is 1.18 bits per heavy atom. The zero-order valence-corrected chi connectivity index (χ0v) is 15.2. The van der Waals surface area contributed by atoms with E-state index in [2.05, 4.69) is 4.98 Å². The van der Waals surface area contributed by atoms with Crippen LogP contribution in [-0.4, -0.2) is 11.0 Å². The number of hydrogen-bond acceptors (Lipinski definition) is 5. The fourth-order valence-electron chi connectivity index (χ4n) is 2.81. The molecule has 0 saturated carbocycles. The van der Waals surface area contributed by atoms with E-state index in [0.717, 1.165) is 5.56 Å². The van der Waals surface area contributed by atoms with Crippen LogP contribution in [0, 0.1) is 5.82 Å².